The maximum Gasteiger partial charge on any atom is 0.335 e. The number of hydrogen-bond donors (Lipinski definition) is 3. The molecule has 0 aromatic heterocycles. The Morgan fingerprint density at radius 3 is 2.24 bits per heavy atom. The Balaban J connectivity index is 2.02. The maximum atomic E-state index is 13.4. The van der Waals surface area contributed by atoms with Gasteiger partial charge in [-0.25, -0.2) is 17.6 Å². The zero-order valence-corrected chi connectivity index (χ0v) is 22.0. The molecule has 1 spiro atoms. The molecule has 14 heteroatoms. The summed E-state index contributed by atoms with van der Waals surface area (Å²) < 4.78 is 59.4. The molecule has 5 unspecified atom stereocenters. The van der Waals surface area contributed by atoms with Crippen molar-refractivity contribution in [2.24, 2.45) is 11.5 Å². The fourth-order valence-electron chi connectivity index (χ4n) is 4.24. The summed E-state index contributed by atoms with van der Waals surface area (Å²) in [4.78, 5) is 36.9. The van der Waals surface area contributed by atoms with Crippen LogP contribution in [0.2, 0.25) is 5.02 Å². The summed E-state index contributed by atoms with van der Waals surface area (Å²) >= 11 is 5.97. The van der Waals surface area contributed by atoms with Crippen LogP contribution >= 0.6 is 11.6 Å². The molecule has 1 heterocycles. The lowest BCUT2D eigenvalue weighted by Crippen LogP contribution is -2.54. The average molecular weight is 562 g/mol. The zero-order chi connectivity index (χ0) is 27.7. The number of halogens is 2. The minimum absolute atomic E-state index is 0.0510. The van der Waals surface area contributed by atoms with E-state index in [9.17, 15) is 27.2 Å². The number of nitrogens with two attached hydrogens (primary N) is 2. The van der Waals surface area contributed by atoms with Gasteiger partial charge in [0.2, 0.25) is 10.0 Å². The molecule has 204 valence electrons. The van der Waals surface area contributed by atoms with Crippen LogP contribution in [-0.4, -0.2) is 67.9 Å². The van der Waals surface area contributed by atoms with E-state index in [-0.39, 0.29) is 35.7 Å². The number of Topliss-reactive ketones (excluding diaryl/α,β-unsaturated/α-hetero) is 2. The highest BCUT2D eigenvalue weighted by Gasteiger charge is 2.55. The van der Waals surface area contributed by atoms with Gasteiger partial charge in [0.15, 0.2) is 5.79 Å². The Hall–Kier alpha value is -2.42. The van der Waals surface area contributed by atoms with Gasteiger partial charge in [0, 0.05) is 6.42 Å². The highest BCUT2D eigenvalue weighted by molar-refractivity contribution is 7.93. The van der Waals surface area contributed by atoms with Crippen LogP contribution in [0, 0.1) is 5.82 Å². The van der Waals surface area contributed by atoms with E-state index in [4.69, 9.17) is 37.3 Å². The molecule has 0 bridgehead atoms. The molecule has 1 aromatic carbocycles. The molecule has 0 amide bonds. The summed E-state index contributed by atoms with van der Waals surface area (Å²) in [5.74, 6) is -4.19. The van der Waals surface area contributed by atoms with E-state index in [1.54, 1.807) is 6.92 Å². The van der Waals surface area contributed by atoms with Gasteiger partial charge in [0.25, 0.3) is 0 Å². The van der Waals surface area contributed by atoms with Crippen LogP contribution in [-0.2, 0) is 38.6 Å². The van der Waals surface area contributed by atoms with E-state index in [1.165, 1.54) is 13.8 Å². The largest absolute Gasteiger partial charge is 0.463 e. The fraction of sp³-hybridized carbons (Fsp3) is 0.522. The molecule has 0 radical (unpaired) electrons. The van der Waals surface area contributed by atoms with E-state index in [2.05, 4.69) is 4.72 Å². The molecule has 0 saturated carbocycles. The van der Waals surface area contributed by atoms with Crippen LogP contribution in [0.3, 0.4) is 0 Å². The number of carbonyl (C=O) groups is 3. The molecular formula is C23H29ClFN3O8S. The summed E-state index contributed by atoms with van der Waals surface area (Å²) in [6, 6.07) is 0.723. The van der Waals surface area contributed by atoms with Crippen molar-refractivity contribution in [3.8, 4) is 0 Å². The predicted octanol–water partition coefficient (Wildman–Crippen LogP) is 1.19. The van der Waals surface area contributed by atoms with Crippen molar-refractivity contribution in [1.29, 1.82) is 0 Å². The second kappa shape index (κ2) is 11.1. The summed E-state index contributed by atoms with van der Waals surface area (Å²) in [6.45, 7) is 3.98. The third-order valence-electron chi connectivity index (χ3n) is 6.19. The molecule has 5 atom stereocenters. The number of rotatable bonds is 9. The Morgan fingerprint density at radius 1 is 1.19 bits per heavy atom. The lowest BCUT2D eigenvalue weighted by Gasteiger charge is -2.34. The van der Waals surface area contributed by atoms with Gasteiger partial charge in [-0.1, -0.05) is 11.6 Å². The second-order valence-corrected chi connectivity index (χ2v) is 11.1. The van der Waals surface area contributed by atoms with Crippen LogP contribution in [0.15, 0.2) is 29.8 Å². The van der Waals surface area contributed by atoms with E-state index in [0.717, 1.165) is 24.3 Å². The Kier molecular flexibility index (Phi) is 8.77. The van der Waals surface area contributed by atoms with Crippen LogP contribution in [0.5, 0.6) is 0 Å². The smallest absolute Gasteiger partial charge is 0.335 e. The molecule has 1 aliphatic heterocycles. The van der Waals surface area contributed by atoms with Gasteiger partial charge in [-0.05, 0) is 51.5 Å². The first kappa shape index (κ1) is 29.1. The minimum atomic E-state index is -4.31. The van der Waals surface area contributed by atoms with Crippen molar-refractivity contribution in [2.45, 2.75) is 68.9 Å². The molecule has 1 aromatic rings. The van der Waals surface area contributed by atoms with E-state index in [1.807, 2.05) is 0 Å². The lowest BCUT2D eigenvalue weighted by atomic mass is 9.94. The monoisotopic (exact) mass is 561 g/mol. The van der Waals surface area contributed by atoms with Crippen molar-refractivity contribution in [3.05, 3.63) is 40.7 Å². The van der Waals surface area contributed by atoms with E-state index >= 15 is 0 Å². The van der Waals surface area contributed by atoms with Gasteiger partial charge in [-0.2, -0.15) is 0 Å². The third kappa shape index (κ3) is 6.19. The summed E-state index contributed by atoms with van der Waals surface area (Å²) in [5, 5.41) is -1.60. The van der Waals surface area contributed by atoms with E-state index in [0.29, 0.717) is 0 Å². The summed E-state index contributed by atoms with van der Waals surface area (Å²) in [6.07, 6.45) is -1.40. The standard InChI is InChI=1S/C23H29ClFN3O8S/c1-4-34-22(31)14-10-23(35-20(18(26)11(2)29)21(36-23)19(27)12(3)30)8-7-17(14)37(32,33)28-16-6-5-13(25)9-15(16)24/h5-6,9-10,17-21,28H,4,7-8,26-27H2,1-3H3. The normalized spacial score (nSPS) is 27.3. The molecule has 1 saturated heterocycles. The van der Waals surface area contributed by atoms with Gasteiger partial charge in [-0.3, -0.25) is 14.3 Å². The van der Waals surface area contributed by atoms with Gasteiger partial charge in [0.1, 0.15) is 34.8 Å². The minimum Gasteiger partial charge on any atom is -0.463 e. The number of ether oxygens (including phenoxy) is 3. The number of nitrogens with one attached hydrogen (secondary N) is 1. The molecule has 1 fully saturated rings. The molecule has 37 heavy (non-hydrogen) atoms. The van der Waals surface area contributed by atoms with Crippen LogP contribution in [0.25, 0.3) is 0 Å². The maximum absolute atomic E-state index is 13.4. The van der Waals surface area contributed by atoms with Gasteiger partial charge in [-0.15, -0.1) is 0 Å². The van der Waals surface area contributed by atoms with Crippen LogP contribution in [0.4, 0.5) is 10.1 Å². The second-order valence-electron chi connectivity index (χ2n) is 8.87. The summed E-state index contributed by atoms with van der Waals surface area (Å²) in [7, 11) is -4.31. The third-order valence-corrected chi connectivity index (χ3v) is 8.24. The Bertz CT molecular complexity index is 1200. The van der Waals surface area contributed by atoms with E-state index < -0.39 is 68.7 Å². The number of sulfonamides is 1. The van der Waals surface area contributed by atoms with Crippen molar-refractivity contribution >= 4 is 44.8 Å². The molecule has 2 aliphatic rings. The number of carbonyl (C=O) groups excluding carboxylic acids is 3. The fourth-order valence-corrected chi connectivity index (χ4v) is 6.06. The molecule has 1 aliphatic carbocycles. The van der Waals surface area contributed by atoms with Crippen LogP contribution in [0.1, 0.15) is 33.6 Å². The number of esters is 1. The summed E-state index contributed by atoms with van der Waals surface area (Å²) in [5.41, 5.74) is 11.6. The first-order chi connectivity index (χ1) is 17.2. The Labute approximate surface area is 218 Å². The SMILES string of the molecule is CCOC(=O)C1=CC2(CCC1S(=O)(=O)Nc1ccc(F)cc1Cl)OC(C(N)C(C)=O)C(C(N)C(C)=O)O2. The van der Waals surface area contributed by atoms with Crippen LogP contribution < -0.4 is 16.2 Å². The van der Waals surface area contributed by atoms with Gasteiger partial charge in [0.05, 0.1) is 35.0 Å². The highest BCUT2D eigenvalue weighted by Crippen LogP contribution is 2.43. The molecular weight excluding hydrogens is 533 g/mol. The number of hydrogen-bond acceptors (Lipinski definition) is 10. The van der Waals surface area contributed by atoms with Crippen molar-refractivity contribution < 1.29 is 41.4 Å². The predicted molar refractivity (Wildman–Crippen MR) is 131 cm³/mol. The highest BCUT2D eigenvalue weighted by atomic mass is 35.5. The first-order valence-corrected chi connectivity index (χ1v) is 13.4. The zero-order valence-electron chi connectivity index (χ0n) is 20.4. The lowest BCUT2D eigenvalue weighted by molar-refractivity contribution is -0.155. The molecule has 11 nitrogen and oxygen atoms in total. The first-order valence-electron chi connectivity index (χ1n) is 11.5. The number of ketones is 2. The average Bonchev–Trinajstić information content (AvgIpc) is 3.18. The number of anilines is 1. The quantitative estimate of drug-likeness (QED) is 0.371. The number of benzene rings is 1. The topological polar surface area (TPSA) is 177 Å². The van der Waals surface area contributed by atoms with Crippen molar-refractivity contribution in [2.75, 3.05) is 11.3 Å². The van der Waals surface area contributed by atoms with Crippen molar-refractivity contribution in [3.63, 3.8) is 0 Å². The molecule has 5 N–H and O–H groups in total. The van der Waals surface area contributed by atoms with Crippen molar-refractivity contribution in [1.82, 2.24) is 0 Å². The molecule has 3 rings (SSSR count). The Morgan fingerprint density at radius 2 is 1.76 bits per heavy atom. The van der Waals surface area contributed by atoms with Gasteiger partial charge >= 0.3 is 5.97 Å². The van der Waals surface area contributed by atoms with Gasteiger partial charge < -0.3 is 25.7 Å².